The lowest BCUT2D eigenvalue weighted by atomic mass is 10.1. The summed E-state index contributed by atoms with van der Waals surface area (Å²) < 4.78 is 38.7. The van der Waals surface area contributed by atoms with Gasteiger partial charge in [0.25, 0.3) is 5.91 Å². The number of aromatic nitrogens is 2. The van der Waals surface area contributed by atoms with E-state index in [1.165, 1.54) is 18.3 Å². The quantitative estimate of drug-likeness (QED) is 0.837. The molecule has 0 saturated heterocycles. The van der Waals surface area contributed by atoms with Crippen LogP contribution in [-0.2, 0) is 6.18 Å². The van der Waals surface area contributed by atoms with Gasteiger partial charge in [0.05, 0.1) is 10.6 Å². The molecule has 0 atom stereocenters. The molecule has 2 rings (SSSR count). The summed E-state index contributed by atoms with van der Waals surface area (Å²) in [6.07, 6.45) is -3.24. The lowest BCUT2D eigenvalue weighted by Gasteiger charge is -2.20. The Kier molecular flexibility index (Phi) is 5.22. The van der Waals surface area contributed by atoms with Crippen molar-refractivity contribution >= 4 is 29.1 Å². The van der Waals surface area contributed by atoms with Gasteiger partial charge in [-0.05, 0) is 45.0 Å². The average Bonchev–Trinajstić information content (AvgIpc) is 2.47. The largest absolute Gasteiger partial charge is 0.417 e. The molecule has 1 amide bonds. The molecule has 1 heterocycles. The molecule has 25 heavy (non-hydrogen) atoms. The topological polar surface area (TPSA) is 66.9 Å². The van der Waals surface area contributed by atoms with Gasteiger partial charge in [-0.25, -0.2) is 9.97 Å². The molecule has 0 saturated carbocycles. The molecule has 0 fully saturated rings. The number of carbonyl (C=O) groups excluding carboxylic acids is 1. The van der Waals surface area contributed by atoms with E-state index in [0.29, 0.717) is 0 Å². The molecular formula is C16H16ClF3N4O. The highest BCUT2D eigenvalue weighted by atomic mass is 35.5. The van der Waals surface area contributed by atoms with Crippen molar-refractivity contribution in [3.63, 3.8) is 0 Å². The molecule has 5 nitrogen and oxygen atoms in total. The highest BCUT2D eigenvalue weighted by Crippen LogP contribution is 2.36. The third kappa shape index (κ3) is 5.32. The van der Waals surface area contributed by atoms with E-state index < -0.39 is 28.2 Å². The van der Waals surface area contributed by atoms with Gasteiger partial charge in [0.15, 0.2) is 0 Å². The fraction of sp³-hybridized carbons (Fsp3) is 0.312. The number of anilines is 2. The Morgan fingerprint density at radius 2 is 1.84 bits per heavy atom. The van der Waals surface area contributed by atoms with E-state index >= 15 is 0 Å². The predicted molar refractivity (Wildman–Crippen MR) is 89.0 cm³/mol. The van der Waals surface area contributed by atoms with Crippen LogP contribution >= 0.6 is 11.6 Å². The number of halogens is 4. The van der Waals surface area contributed by atoms with Crippen LogP contribution in [0.25, 0.3) is 0 Å². The van der Waals surface area contributed by atoms with Crippen LogP contribution in [0, 0.1) is 0 Å². The Morgan fingerprint density at radius 1 is 1.16 bits per heavy atom. The summed E-state index contributed by atoms with van der Waals surface area (Å²) in [4.78, 5) is 20.0. The molecule has 1 aromatic carbocycles. The minimum absolute atomic E-state index is 0.00277. The second kappa shape index (κ2) is 6.87. The maximum absolute atomic E-state index is 12.9. The number of amides is 1. The van der Waals surface area contributed by atoms with Gasteiger partial charge in [0.1, 0.15) is 5.69 Å². The van der Waals surface area contributed by atoms with Gasteiger partial charge in [-0.15, -0.1) is 0 Å². The van der Waals surface area contributed by atoms with Crippen molar-refractivity contribution in [2.24, 2.45) is 0 Å². The summed E-state index contributed by atoms with van der Waals surface area (Å²) in [6, 6.07) is 4.76. The van der Waals surface area contributed by atoms with Gasteiger partial charge < -0.3 is 10.6 Å². The SMILES string of the molecule is CC(C)(C)NC(=O)c1ccnc(Nc2ccc(Cl)c(C(F)(F)F)c2)n1. The van der Waals surface area contributed by atoms with Crippen LogP contribution in [0.2, 0.25) is 5.02 Å². The first-order valence-corrected chi connectivity index (χ1v) is 7.63. The Balaban J connectivity index is 2.24. The standard InChI is InChI=1S/C16H16ClF3N4O/c1-15(2,3)24-13(25)12-6-7-21-14(23-12)22-9-4-5-11(17)10(8-9)16(18,19)20/h4-8H,1-3H3,(H,24,25)(H,21,22,23). The summed E-state index contributed by atoms with van der Waals surface area (Å²) in [7, 11) is 0. The van der Waals surface area contributed by atoms with Crippen molar-refractivity contribution in [1.29, 1.82) is 0 Å². The highest BCUT2D eigenvalue weighted by molar-refractivity contribution is 6.31. The van der Waals surface area contributed by atoms with Crippen molar-refractivity contribution < 1.29 is 18.0 Å². The van der Waals surface area contributed by atoms with Gasteiger partial charge in [-0.3, -0.25) is 4.79 Å². The zero-order valence-electron chi connectivity index (χ0n) is 13.7. The second-order valence-electron chi connectivity index (χ2n) is 6.29. The fourth-order valence-corrected chi connectivity index (χ4v) is 2.12. The molecule has 0 unspecified atom stereocenters. The van der Waals surface area contributed by atoms with Crippen molar-refractivity contribution in [3.8, 4) is 0 Å². The number of hydrogen-bond donors (Lipinski definition) is 2. The highest BCUT2D eigenvalue weighted by Gasteiger charge is 2.33. The summed E-state index contributed by atoms with van der Waals surface area (Å²) in [5, 5.41) is 4.98. The maximum Gasteiger partial charge on any atom is 0.417 e. The van der Waals surface area contributed by atoms with Gasteiger partial charge in [-0.1, -0.05) is 11.6 Å². The number of rotatable bonds is 3. The molecule has 2 aromatic rings. The van der Waals surface area contributed by atoms with Crippen molar-refractivity contribution in [2.45, 2.75) is 32.5 Å². The molecule has 1 aromatic heterocycles. The fourth-order valence-electron chi connectivity index (χ4n) is 1.90. The van der Waals surface area contributed by atoms with E-state index in [1.54, 1.807) is 0 Å². The molecular weight excluding hydrogens is 357 g/mol. The monoisotopic (exact) mass is 372 g/mol. The third-order valence-corrected chi connectivity index (χ3v) is 3.23. The summed E-state index contributed by atoms with van der Waals surface area (Å²) in [5.41, 5.74) is -1.23. The second-order valence-corrected chi connectivity index (χ2v) is 6.69. The average molecular weight is 373 g/mol. The Labute approximate surface area is 147 Å². The maximum atomic E-state index is 12.9. The minimum atomic E-state index is -4.58. The summed E-state index contributed by atoms with van der Waals surface area (Å²) in [6.45, 7) is 5.45. The first kappa shape index (κ1) is 19.0. The van der Waals surface area contributed by atoms with E-state index in [0.717, 1.165) is 12.1 Å². The lowest BCUT2D eigenvalue weighted by Crippen LogP contribution is -2.41. The predicted octanol–water partition coefficient (Wildman–Crippen LogP) is 4.42. The molecule has 0 aliphatic rings. The first-order valence-electron chi connectivity index (χ1n) is 7.25. The smallest absolute Gasteiger partial charge is 0.346 e. The van der Waals surface area contributed by atoms with E-state index in [9.17, 15) is 18.0 Å². The molecule has 0 bridgehead atoms. The molecule has 0 aliphatic heterocycles. The zero-order chi connectivity index (χ0) is 18.8. The number of alkyl halides is 3. The Hall–Kier alpha value is -2.35. The molecule has 134 valence electrons. The molecule has 0 spiro atoms. The number of carbonyl (C=O) groups is 1. The normalized spacial score (nSPS) is 12.0. The lowest BCUT2D eigenvalue weighted by molar-refractivity contribution is -0.137. The van der Waals surface area contributed by atoms with Gasteiger partial charge >= 0.3 is 6.18 Å². The van der Waals surface area contributed by atoms with Crippen LogP contribution in [0.4, 0.5) is 24.8 Å². The van der Waals surface area contributed by atoms with Crippen molar-refractivity contribution in [3.05, 3.63) is 46.7 Å². The minimum Gasteiger partial charge on any atom is -0.346 e. The van der Waals surface area contributed by atoms with Crippen molar-refractivity contribution in [1.82, 2.24) is 15.3 Å². The Morgan fingerprint density at radius 3 is 2.44 bits per heavy atom. The van der Waals surface area contributed by atoms with E-state index in [2.05, 4.69) is 20.6 Å². The third-order valence-electron chi connectivity index (χ3n) is 2.90. The van der Waals surface area contributed by atoms with E-state index in [-0.39, 0.29) is 17.3 Å². The molecule has 9 heteroatoms. The van der Waals surface area contributed by atoms with E-state index in [1.807, 2.05) is 20.8 Å². The van der Waals surface area contributed by atoms with Crippen LogP contribution in [-0.4, -0.2) is 21.4 Å². The van der Waals surface area contributed by atoms with Crippen LogP contribution in [0.15, 0.2) is 30.5 Å². The summed E-state index contributed by atoms with van der Waals surface area (Å²) >= 11 is 5.58. The first-order chi connectivity index (χ1) is 11.5. The van der Waals surface area contributed by atoms with Crippen LogP contribution in [0.3, 0.4) is 0 Å². The molecule has 0 radical (unpaired) electrons. The molecule has 2 N–H and O–H groups in total. The van der Waals surface area contributed by atoms with Gasteiger partial charge in [-0.2, -0.15) is 13.2 Å². The zero-order valence-corrected chi connectivity index (χ0v) is 14.5. The number of nitrogens with one attached hydrogen (secondary N) is 2. The van der Waals surface area contributed by atoms with Gasteiger partial charge in [0.2, 0.25) is 5.95 Å². The number of nitrogens with zero attached hydrogens (tertiary/aromatic N) is 2. The van der Waals surface area contributed by atoms with Crippen LogP contribution in [0.1, 0.15) is 36.8 Å². The van der Waals surface area contributed by atoms with E-state index in [4.69, 9.17) is 11.6 Å². The van der Waals surface area contributed by atoms with Crippen LogP contribution in [0.5, 0.6) is 0 Å². The van der Waals surface area contributed by atoms with Crippen molar-refractivity contribution in [2.75, 3.05) is 5.32 Å². The number of hydrogen-bond acceptors (Lipinski definition) is 4. The summed E-state index contributed by atoms with van der Waals surface area (Å²) in [5.74, 6) is -0.415. The molecule has 0 aliphatic carbocycles. The van der Waals surface area contributed by atoms with Crippen LogP contribution < -0.4 is 10.6 Å². The van der Waals surface area contributed by atoms with Gasteiger partial charge in [0, 0.05) is 17.4 Å². The number of benzene rings is 1. The Bertz CT molecular complexity index is 788.